The first kappa shape index (κ1) is 13.2. The first-order valence-corrected chi connectivity index (χ1v) is 7.70. The number of hydrogen-bond donors (Lipinski definition) is 0. The molecule has 0 N–H and O–H groups in total. The molecule has 0 bridgehead atoms. The van der Waals surface area contributed by atoms with E-state index in [-0.39, 0.29) is 12.0 Å². The van der Waals surface area contributed by atoms with Crippen LogP contribution in [0.4, 0.5) is 5.69 Å². The Kier molecular flexibility index (Phi) is 3.74. The molecule has 0 fully saturated rings. The Morgan fingerprint density at radius 3 is 3.00 bits per heavy atom. The largest absolute Gasteiger partial charge is 0.487 e. The molecule has 1 atom stereocenters. The fourth-order valence-electron chi connectivity index (χ4n) is 2.45. The number of aryl methyl sites for hydroxylation is 1. The van der Waals surface area contributed by atoms with Gasteiger partial charge in [-0.15, -0.1) is 11.3 Å². The van der Waals surface area contributed by atoms with Crippen LogP contribution < -0.4 is 9.64 Å². The monoisotopic (exact) mass is 287 g/mol. The summed E-state index contributed by atoms with van der Waals surface area (Å²) in [6, 6.07) is 11.8. The highest BCUT2D eigenvalue weighted by atomic mass is 32.1. The zero-order valence-corrected chi connectivity index (χ0v) is 12.2. The number of thiophene rings is 1. The van der Waals surface area contributed by atoms with Crippen molar-refractivity contribution in [2.75, 3.05) is 11.4 Å². The lowest BCUT2D eigenvalue weighted by molar-refractivity contribution is -0.119. The Balaban J connectivity index is 1.74. The van der Waals surface area contributed by atoms with Crippen molar-refractivity contribution in [2.45, 2.75) is 25.9 Å². The number of anilines is 1. The molecule has 0 aliphatic carbocycles. The van der Waals surface area contributed by atoms with Gasteiger partial charge in [0.1, 0.15) is 11.9 Å². The van der Waals surface area contributed by atoms with Crippen molar-refractivity contribution in [1.82, 2.24) is 0 Å². The van der Waals surface area contributed by atoms with Crippen LogP contribution in [0.3, 0.4) is 0 Å². The van der Waals surface area contributed by atoms with Gasteiger partial charge in [0, 0.05) is 11.3 Å². The Bertz CT molecular complexity index is 594. The van der Waals surface area contributed by atoms with Gasteiger partial charge in [-0.1, -0.05) is 18.2 Å². The van der Waals surface area contributed by atoms with E-state index in [4.69, 9.17) is 4.74 Å². The van der Waals surface area contributed by atoms with Crippen LogP contribution in [0.2, 0.25) is 0 Å². The third kappa shape index (κ3) is 2.70. The summed E-state index contributed by atoms with van der Waals surface area (Å²) in [4.78, 5) is 15.6. The molecule has 1 aliphatic rings. The normalized spacial score (nSPS) is 17.4. The molecule has 0 radical (unpaired) electrons. The van der Waals surface area contributed by atoms with Gasteiger partial charge in [-0.3, -0.25) is 4.79 Å². The SMILES string of the molecule is CC1CN(C(=O)CCc2cccs2)c2ccccc2O1. The molecule has 2 heterocycles. The predicted octanol–water partition coefficient (Wildman–Crippen LogP) is 3.49. The standard InChI is InChI=1S/C16H17NO2S/c1-12-11-17(14-6-2-3-7-15(14)19-12)16(18)9-8-13-5-4-10-20-13/h2-7,10,12H,8-9,11H2,1H3. The fraction of sp³-hybridized carbons (Fsp3) is 0.312. The molecule has 104 valence electrons. The second-order valence-corrected chi connectivity index (χ2v) is 6.01. The first-order valence-electron chi connectivity index (χ1n) is 6.82. The Hall–Kier alpha value is -1.81. The van der Waals surface area contributed by atoms with Crippen molar-refractivity contribution in [3.8, 4) is 5.75 Å². The highest BCUT2D eigenvalue weighted by Crippen LogP contribution is 2.33. The highest BCUT2D eigenvalue weighted by molar-refractivity contribution is 7.09. The van der Waals surface area contributed by atoms with E-state index in [0.717, 1.165) is 17.9 Å². The smallest absolute Gasteiger partial charge is 0.227 e. The lowest BCUT2D eigenvalue weighted by atomic mass is 10.1. The summed E-state index contributed by atoms with van der Waals surface area (Å²) in [6.45, 7) is 2.62. The summed E-state index contributed by atoms with van der Waals surface area (Å²) in [6.07, 6.45) is 1.39. The molecule has 0 spiro atoms. The van der Waals surface area contributed by atoms with E-state index in [0.29, 0.717) is 13.0 Å². The topological polar surface area (TPSA) is 29.5 Å². The van der Waals surface area contributed by atoms with E-state index >= 15 is 0 Å². The fourth-order valence-corrected chi connectivity index (χ4v) is 3.15. The molecule has 0 saturated carbocycles. The van der Waals surface area contributed by atoms with Crippen LogP contribution in [0.1, 0.15) is 18.2 Å². The van der Waals surface area contributed by atoms with Crippen molar-refractivity contribution in [3.63, 3.8) is 0 Å². The zero-order chi connectivity index (χ0) is 13.9. The summed E-state index contributed by atoms with van der Waals surface area (Å²) >= 11 is 1.70. The highest BCUT2D eigenvalue weighted by Gasteiger charge is 2.26. The van der Waals surface area contributed by atoms with Gasteiger partial charge >= 0.3 is 0 Å². The number of hydrogen-bond acceptors (Lipinski definition) is 3. The lowest BCUT2D eigenvalue weighted by Crippen LogP contribution is -2.42. The third-order valence-electron chi connectivity index (χ3n) is 3.39. The number of benzene rings is 1. The third-order valence-corrected chi connectivity index (χ3v) is 4.33. The number of rotatable bonds is 3. The number of fused-ring (bicyclic) bond motifs is 1. The minimum absolute atomic E-state index is 0.0376. The number of carbonyl (C=O) groups is 1. The summed E-state index contributed by atoms with van der Waals surface area (Å²) in [5.41, 5.74) is 0.891. The maximum Gasteiger partial charge on any atom is 0.227 e. The van der Waals surface area contributed by atoms with Gasteiger partial charge in [-0.05, 0) is 36.9 Å². The summed E-state index contributed by atoms with van der Waals surface area (Å²) in [5, 5.41) is 2.05. The van der Waals surface area contributed by atoms with Crippen LogP contribution in [0.5, 0.6) is 5.75 Å². The average molecular weight is 287 g/mol. The summed E-state index contributed by atoms with van der Waals surface area (Å²) in [7, 11) is 0. The quantitative estimate of drug-likeness (QED) is 0.864. The predicted molar refractivity (Wildman–Crippen MR) is 81.5 cm³/mol. The van der Waals surface area contributed by atoms with E-state index in [9.17, 15) is 4.79 Å². The van der Waals surface area contributed by atoms with Gasteiger partial charge in [0.05, 0.1) is 12.2 Å². The molecule has 3 rings (SSSR count). The lowest BCUT2D eigenvalue weighted by Gasteiger charge is -2.33. The number of amides is 1. The van der Waals surface area contributed by atoms with Crippen molar-refractivity contribution >= 4 is 22.9 Å². The molecule has 1 aromatic heterocycles. The average Bonchev–Trinajstić information content (AvgIpc) is 2.97. The molecule has 0 saturated heterocycles. The van der Waals surface area contributed by atoms with E-state index < -0.39 is 0 Å². The van der Waals surface area contributed by atoms with Gasteiger partial charge in [-0.2, -0.15) is 0 Å². The van der Waals surface area contributed by atoms with Crippen LogP contribution in [-0.2, 0) is 11.2 Å². The van der Waals surface area contributed by atoms with Crippen LogP contribution >= 0.6 is 11.3 Å². The van der Waals surface area contributed by atoms with E-state index in [1.165, 1.54) is 4.88 Å². The van der Waals surface area contributed by atoms with Crippen LogP contribution in [0, 0.1) is 0 Å². The van der Waals surface area contributed by atoms with Gasteiger partial charge in [0.2, 0.25) is 5.91 Å². The van der Waals surface area contributed by atoms with Crippen LogP contribution in [0.25, 0.3) is 0 Å². The van der Waals surface area contributed by atoms with Gasteiger partial charge in [0.15, 0.2) is 0 Å². The van der Waals surface area contributed by atoms with Crippen molar-refractivity contribution < 1.29 is 9.53 Å². The molecule has 1 unspecified atom stereocenters. The second-order valence-electron chi connectivity index (χ2n) is 4.98. The maximum atomic E-state index is 12.5. The molecule has 4 heteroatoms. The Morgan fingerprint density at radius 1 is 1.35 bits per heavy atom. The van der Waals surface area contributed by atoms with E-state index in [2.05, 4.69) is 6.07 Å². The molecule has 2 aromatic rings. The van der Waals surface area contributed by atoms with Gasteiger partial charge in [-0.25, -0.2) is 0 Å². The van der Waals surface area contributed by atoms with Crippen molar-refractivity contribution in [3.05, 3.63) is 46.7 Å². The zero-order valence-electron chi connectivity index (χ0n) is 11.4. The molecule has 1 aromatic carbocycles. The van der Waals surface area contributed by atoms with E-state index in [1.54, 1.807) is 11.3 Å². The number of ether oxygens (including phenoxy) is 1. The number of carbonyl (C=O) groups excluding carboxylic acids is 1. The molecule has 20 heavy (non-hydrogen) atoms. The second kappa shape index (κ2) is 5.67. The summed E-state index contributed by atoms with van der Waals surface area (Å²) < 4.78 is 5.77. The Morgan fingerprint density at radius 2 is 2.20 bits per heavy atom. The van der Waals surface area contributed by atoms with Crippen molar-refractivity contribution in [1.29, 1.82) is 0 Å². The minimum atomic E-state index is 0.0376. The maximum absolute atomic E-state index is 12.5. The minimum Gasteiger partial charge on any atom is -0.487 e. The van der Waals surface area contributed by atoms with Crippen LogP contribution in [-0.4, -0.2) is 18.6 Å². The van der Waals surface area contributed by atoms with Gasteiger partial charge in [0.25, 0.3) is 0 Å². The number of para-hydroxylation sites is 2. The molecule has 3 nitrogen and oxygen atoms in total. The van der Waals surface area contributed by atoms with Crippen LogP contribution in [0.15, 0.2) is 41.8 Å². The van der Waals surface area contributed by atoms with E-state index in [1.807, 2.05) is 47.5 Å². The molecule has 1 aliphatic heterocycles. The molecule has 1 amide bonds. The Labute approximate surface area is 122 Å². The number of nitrogens with zero attached hydrogens (tertiary/aromatic N) is 1. The molecular formula is C16H17NO2S. The summed E-state index contributed by atoms with van der Waals surface area (Å²) in [5.74, 6) is 0.969. The van der Waals surface area contributed by atoms with Gasteiger partial charge < -0.3 is 9.64 Å². The molecular weight excluding hydrogens is 270 g/mol. The first-order chi connectivity index (χ1) is 9.74. The van der Waals surface area contributed by atoms with Crippen molar-refractivity contribution in [2.24, 2.45) is 0 Å².